The summed E-state index contributed by atoms with van der Waals surface area (Å²) in [5, 5.41) is 0. The first-order chi connectivity index (χ1) is 20.3. The Bertz CT molecular complexity index is 1160. The Morgan fingerprint density at radius 3 is 0.674 bits per heavy atom. The molecule has 0 saturated carbocycles. The Hall–Kier alpha value is -0.948. The van der Waals surface area contributed by atoms with Crippen LogP contribution in [0.15, 0.2) is 111 Å². The van der Waals surface area contributed by atoms with Gasteiger partial charge in [0.05, 0.1) is 0 Å². The Labute approximate surface area is 260 Å². The SMILES string of the molecule is C=C[Si]1(OCC)O[Si]2(C=C)O[Si]3(C=C)O[Si]4(C=C)O[Si](C=C)(O1)O[Si]1(C=C)O[Si](C=C)(O2)O[Si](C=C)(O3)O[Si](C=C)(O4)O1. The van der Waals surface area contributed by atoms with Crippen LogP contribution in [0.2, 0.25) is 0 Å². The quantitative estimate of drug-likeness (QED) is 0.287. The molecule has 0 aromatic rings. The van der Waals surface area contributed by atoms with Crippen molar-refractivity contribution in [2.45, 2.75) is 6.92 Å². The Morgan fingerprint density at radius 2 is 0.535 bits per heavy atom. The molecule has 0 amide bonds. The molecule has 6 heterocycles. The highest BCUT2D eigenvalue weighted by Gasteiger charge is 2.80. The third-order valence-electron chi connectivity index (χ3n) is 6.29. The minimum absolute atomic E-state index is 0.115. The van der Waals surface area contributed by atoms with Gasteiger partial charge in [0.2, 0.25) is 0 Å². The minimum atomic E-state index is -4.41. The summed E-state index contributed by atoms with van der Waals surface area (Å²) < 4.78 is 93.2. The largest absolute Gasteiger partial charge is 0.514 e. The average molecular weight is 749 g/mol. The van der Waals surface area contributed by atoms with E-state index >= 15 is 0 Å². The fourth-order valence-electron chi connectivity index (χ4n) is 4.50. The van der Waals surface area contributed by atoms with Gasteiger partial charge in [-0.25, -0.2) is 0 Å². The van der Waals surface area contributed by atoms with Crippen LogP contribution in [0.3, 0.4) is 0 Å². The molecule has 232 valence electrons. The predicted octanol–water partition coefficient (Wildman–Crippen LogP) is 2.28. The maximum atomic E-state index is 6.73. The van der Waals surface area contributed by atoms with Crippen molar-refractivity contribution in [2.24, 2.45) is 0 Å². The van der Waals surface area contributed by atoms with Crippen LogP contribution in [0.25, 0.3) is 0 Å². The van der Waals surface area contributed by atoms with Crippen molar-refractivity contribution in [1.29, 1.82) is 0 Å². The number of hydrogen-bond acceptors (Lipinski definition) is 14. The van der Waals surface area contributed by atoms with Crippen molar-refractivity contribution in [1.82, 2.24) is 0 Å². The summed E-state index contributed by atoms with van der Waals surface area (Å²) in [6, 6.07) is 0. The monoisotopic (exact) mass is 748 g/mol. The summed E-state index contributed by atoms with van der Waals surface area (Å²) >= 11 is 0. The maximum absolute atomic E-state index is 6.73. The van der Waals surface area contributed by atoms with Crippen molar-refractivity contribution in [3.05, 3.63) is 111 Å². The summed E-state index contributed by atoms with van der Waals surface area (Å²) in [6.45, 7) is 37.5. The third-order valence-corrected chi connectivity index (χ3v) is 41.1. The molecule has 14 nitrogen and oxygen atoms in total. The van der Waals surface area contributed by atoms with Crippen LogP contribution in [0.5, 0.6) is 0 Å². The predicted molar refractivity (Wildman–Crippen MR) is 169 cm³/mol. The van der Waals surface area contributed by atoms with Gasteiger partial charge >= 0.3 is 79.2 Å². The molecule has 4 unspecified atom stereocenters. The molecule has 8 bridgehead atoms. The van der Waals surface area contributed by atoms with E-state index in [9.17, 15) is 0 Å². The van der Waals surface area contributed by atoms with E-state index < -0.39 is 79.2 Å². The van der Waals surface area contributed by atoms with Gasteiger partial charge in [0.25, 0.3) is 0 Å². The molecule has 6 saturated heterocycles. The second-order valence-corrected chi connectivity index (χ2v) is 34.5. The van der Waals surface area contributed by atoms with Gasteiger partial charge in [-0.1, -0.05) is 6.58 Å². The molecule has 23 heteroatoms. The number of hydrogen-bond donors (Lipinski definition) is 0. The molecule has 6 aliphatic heterocycles. The highest BCUT2D eigenvalue weighted by atomic mass is 28.6. The molecule has 43 heavy (non-hydrogen) atoms. The minimum Gasteiger partial charge on any atom is -0.372 e. The lowest BCUT2D eigenvalue weighted by Crippen LogP contribution is -2.86. The zero-order valence-electron chi connectivity index (χ0n) is 23.5. The molecular formula is C20H32O14Si9. The van der Waals surface area contributed by atoms with Gasteiger partial charge in [0.15, 0.2) is 0 Å². The van der Waals surface area contributed by atoms with Crippen LogP contribution in [0, 0.1) is 0 Å². The fourth-order valence-corrected chi connectivity index (χ4v) is 48.3. The molecule has 0 aromatic heterocycles. The van der Waals surface area contributed by atoms with Gasteiger partial charge < -0.3 is 57.9 Å². The van der Waals surface area contributed by atoms with Crippen LogP contribution in [-0.2, 0) is 57.9 Å². The van der Waals surface area contributed by atoms with E-state index in [0.29, 0.717) is 0 Å². The fraction of sp³-hybridized carbons (Fsp3) is 0.100. The normalized spacial score (nSPS) is 50.2. The molecule has 6 aliphatic rings. The standard InChI is InChI=1S/C20H32O14Si9/c1-11-21-35(12-2)22-36(13-3)24-38(15-5)28-40(17-7)26-37(14-4,23-35)27-41(18-8)29-39(16-6,25-36)31-42(19-9,30-38)34-43(20-10,32-40)33-41/h12-20H,2-11H2,1H3. The van der Waals surface area contributed by atoms with Crippen LogP contribution >= 0.6 is 0 Å². The van der Waals surface area contributed by atoms with Crippen molar-refractivity contribution >= 4 is 79.2 Å². The van der Waals surface area contributed by atoms with E-state index in [1.807, 2.05) is 0 Å². The van der Waals surface area contributed by atoms with Gasteiger partial charge in [-0.05, 0) is 58.2 Å². The van der Waals surface area contributed by atoms with Gasteiger partial charge in [-0.3, -0.25) is 0 Å². The number of fused-ring (bicyclic) bond motifs is 2. The Kier molecular flexibility index (Phi) is 8.62. The highest BCUT2D eigenvalue weighted by molar-refractivity contribution is 7.07. The van der Waals surface area contributed by atoms with Crippen LogP contribution < -0.4 is 0 Å². The van der Waals surface area contributed by atoms with Gasteiger partial charge in [-0.15, -0.1) is 52.6 Å². The Balaban J connectivity index is 1.99. The van der Waals surface area contributed by atoms with E-state index in [1.54, 1.807) is 6.92 Å². The molecule has 0 radical (unpaired) electrons. The second kappa shape index (κ2) is 11.1. The van der Waals surface area contributed by atoms with Crippen LogP contribution in [0.1, 0.15) is 6.92 Å². The molecule has 4 atom stereocenters. The molecule has 0 N–H and O–H groups in total. The summed E-state index contributed by atoms with van der Waals surface area (Å²) in [7, 11) is -39.0. The van der Waals surface area contributed by atoms with Crippen molar-refractivity contribution < 1.29 is 57.9 Å². The Morgan fingerprint density at radius 1 is 0.349 bits per heavy atom. The van der Waals surface area contributed by atoms with E-state index in [-0.39, 0.29) is 6.61 Å². The molecule has 6 fully saturated rings. The van der Waals surface area contributed by atoms with Crippen molar-refractivity contribution in [2.75, 3.05) is 6.61 Å². The van der Waals surface area contributed by atoms with E-state index in [0.717, 1.165) is 0 Å². The molecule has 0 spiro atoms. The summed E-state index contributed by atoms with van der Waals surface area (Å²) in [5.41, 5.74) is 12.0. The zero-order chi connectivity index (χ0) is 31.5. The smallest absolute Gasteiger partial charge is 0.372 e. The first-order valence-corrected chi connectivity index (χ1v) is 29.0. The lowest BCUT2D eigenvalue weighted by atomic mass is 10.9. The molecule has 0 aliphatic carbocycles. The molecule has 6 rings (SSSR count). The van der Waals surface area contributed by atoms with E-state index in [1.165, 1.54) is 51.3 Å². The lowest BCUT2D eigenvalue weighted by Gasteiger charge is -2.59. The zero-order valence-corrected chi connectivity index (χ0v) is 32.5. The summed E-state index contributed by atoms with van der Waals surface area (Å²) in [5.74, 6) is 0. The first kappa shape index (κ1) is 33.4. The van der Waals surface area contributed by atoms with Crippen molar-refractivity contribution in [3.8, 4) is 0 Å². The topological polar surface area (TPSA) is 129 Å². The van der Waals surface area contributed by atoms with Crippen LogP contribution in [0.4, 0.5) is 0 Å². The van der Waals surface area contributed by atoms with Gasteiger partial charge in [0, 0.05) is 6.61 Å². The van der Waals surface area contributed by atoms with Gasteiger partial charge in [0.1, 0.15) is 0 Å². The highest BCUT2D eigenvalue weighted by Crippen LogP contribution is 2.48. The van der Waals surface area contributed by atoms with E-state index in [4.69, 9.17) is 57.9 Å². The van der Waals surface area contributed by atoms with Crippen molar-refractivity contribution in [3.63, 3.8) is 0 Å². The lowest BCUT2D eigenvalue weighted by molar-refractivity contribution is -0.0000704. The third kappa shape index (κ3) is 5.36. The first-order valence-electron chi connectivity index (χ1n) is 12.8. The second-order valence-electron chi connectivity index (χ2n) is 9.03. The van der Waals surface area contributed by atoms with Gasteiger partial charge in [-0.2, -0.15) is 0 Å². The molecule has 0 aromatic carbocycles. The molecular weight excluding hydrogens is 717 g/mol. The maximum Gasteiger partial charge on any atom is 0.514 e. The average Bonchev–Trinajstić information content (AvgIpc) is 2.97. The summed E-state index contributed by atoms with van der Waals surface area (Å²) in [4.78, 5) is 0. The van der Waals surface area contributed by atoms with E-state index in [2.05, 4.69) is 59.2 Å². The number of rotatable bonds is 11. The summed E-state index contributed by atoms with van der Waals surface area (Å²) in [6.07, 6.45) is 0. The van der Waals surface area contributed by atoms with Crippen LogP contribution in [-0.4, -0.2) is 85.8 Å².